The van der Waals surface area contributed by atoms with Crippen molar-refractivity contribution in [2.75, 3.05) is 0 Å². The molecule has 160 valence electrons. The number of aromatic nitrogens is 1. The van der Waals surface area contributed by atoms with Crippen LogP contribution in [0.15, 0.2) is 78.7 Å². The normalized spacial score (nSPS) is 11.0. The summed E-state index contributed by atoms with van der Waals surface area (Å²) in [7, 11) is 0. The summed E-state index contributed by atoms with van der Waals surface area (Å²) in [4.78, 5) is 14.0. The molecule has 3 nitrogen and oxygen atoms in total. The van der Waals surface area contributed by atoms with E-state index < -0.39 is 11.7 Å². The van der Waals surface area contributed by atoms with Gasteiger partial charge >= 0.3 is 6.18 Å². The molecule has 0 atom stereocenters. The molecular formula is C23H19F3NO2Pt-. The molecule has 0 bridgehead atoms. The van der Waals surface area contributed by atoms with E-state index >= 15 is 0 Å². The Morgan fingerprint density at radius 2 is 1.70 bits per heavy atom. The summed E-state index contributed by atoms with van der Waals surface area (Å²) in [6.45, 7) is 2.85. The maximum Gasteiger partial charge on any atom is 0.409 e. The fraction of sp³-hybridized carbons (Fsp3) is 0.130. The number of allylic oxidation sites excluding steroid dienone is 2. The van der Waals surface area contributed by atoms with E-state index in [1.165, 1.54) is 32.2 Å². The monoisotopic (exact) mass is 593 g/mol. The molecule has 0 unspecified atom stereocenters. The van der Waals surface area contributed by atoms with Gasteiger partial charge in [-0.3, -0.25) is 4.79 Å². The van der Waals surface area contributed by atoms with Gasteiger partial charge in [-0.05, 0) is 19.9 Å². The molecule has 3 aromatic rings. The molecule has 30 heavy (non-hydrogen) atoms. The van der Waals surface area contributed by atoms with Gasteiger partial charge in [0.1, 0.15) is 0 Å². The summed E-state index contributed by atoms with van der Waals surface area (Å²) >= 11 is 0. The maximum absolute atomic E-state index is 13.2. The molecule has 0 radical (unpaired) electrons. The number of rotatable bonds is 3. The minimum absolute atomic E-state index is 0. The van der Waals surface area contributed by atoms with E-state index in [2.05, 4.69) is 11.1 Å². The standard InChI is InChI=1S/C18H11F3N.C5H8O2.Pt/c19-18(20,21)16-11-6-12-22-17(16)15-10-5-4-9-14(15)13-7-2-1-3-8-13;1-4(6)3-5(2)7;/h1-9,11-12H;3,6H,1-2H3;/q-1;;/b;4-3-;. The van der Waals surface area contributed by atoms with Crippen molar-refractivity contribution in [3.05, 3.63) is 90.3 Å². The number of aliphatic hydroxyl groups excluding tert-OH is 1. The molecule has 0 aliphatic heterocycles. The number of carbonyl (C=O) groups is 1. The van der Waals surface area contributed by atoms with Gasteiger partial charge in [-0.25, -0.2) is 0 Å². The summed E-state index contributed by atoms with van der Waals surface area (Å²) in [5.74, 6) is -0.0625. The Bertz CT molecular complexity index is 999. The Labute approximate surface area is 187 Å². The van der Waals surface area contributed by atoms with E-state index in [1.807, 2.05) is 30.3 Å². The van der Waals surface area contributed by atoms with Gasteiger partial charge in [0.05, 0.1) is 5.76 Å². The van der Waals surface area contributed by atoms with Gasteiger partial charge in [0.25, 0.3) is 0 Å². The van der Waals surface area contributed by atoms with Crippen LogP contribution in [-0.4, -0.2) is 15.9 Å². The van der Waals surface area contributed by atoms with Crippen LogP contribution in [0.2, 0.25) is 0 Å². The molecule has 1 heterocycles. The van der Waals surface area contributed by atoms with Gasteiger partial charge < -0.3 is 10.1 Å². The fourth-order valence-corrected chi connectivity index (χ4v) is 2.62. The number of hydrogen-bond acceptors (Lipinski definition) is 3. The molecule has 0 amide bonds. The average molecular weight is 593 g/mol. The van der Waals surface area contributed by atoms with Gasteiger partial charge in [0.15, 0.2) is 5.78 Å². The summed E-state index contributed by atoms with van der Waals surface area (Å²) in [5, 5.41) is 8.36. The van der Waals surface area contributed by atoms with E-state index in [9.17, 15) is 18.0 Å². The third-order valence-electron chi connectivity index (χ3n) is 3.70. The van der Waals surface area contributed by atoms with Crippen LogP contribution in [0.5, 0.6) is 0 Å². The van der Waals surface area contributed by atoms with Crippen molar-refractivity contribution in [3.63, 3.8) is 0 Å². The van der Waals surface area contributed by atoms with Crippen molar-refractivity contribution in [1.29, 1.82) is 0 Å². The molecule has 1 aromatic heterocycles. The Hall–Kier alpha value is -2.72. The first-order valence-corrected chi connectivity index (χ1v) is 8.66. The Balaban J connectivity index is 0.000000489. The molecule has 7 heteroatoms. The molecule has 0 fully saturated rings. The van der Waals surface area contributed by atoms with E-state index in [0.29, 0.717) is 11.1 Å². The van der Waals surface area contributed by atoms with Crippen LogP contribution in [0.25, 0.3) is 22.4 Å². The SMILES string of the molecule is CC(=O)/C=C(/C)O.FC(F)(F)c1cccnc1-c1[c-]cccc1-c1ccccc1.[Pt]. The van der Waals surface area contributed by atoms with Gasteiger partial charge in [-0.15, -0.1) is 29.8 Å². The quantitative estimate of drug-likeness (QED) is 0.221. The molecule has 0 spiro atoms. The minimum Gasteiger partial charge on any atom is -0.512 e. The fourth-order valence-electron chi connectivity index (χ4n) is 2.62. The van der Waals surface area contributed by atoms with E-state index in [1.54, 1.807) is 18.2 Å². The van der Waals surface area contributed by atoms with Crippen LogP contribution in [-0.2, 0) is 32.0 Å². The first-order valence-electron chi connectivity index (χ1n) is 8.66. The van der Waals surface area contributed by atoms with Crippen molar-refractivity contribution in [3.8, 4) is 22.4 Å². The topological polar surface area (TPSA) is 50.2 Å². The third-order valence-corrected chi connectivity index (χ3v) is 3.70. The Morgan fingerprint density at radius 1 is 1.03 bits per heavy atom. The number of alkyl halides is 3. The van der Waals surface area contributed by atoms with Crippen molar-refractivity contribution in [2.24, 2.45) is 0 Å². The largest absolute Gasteiger partial charge is 0.512 e. The zero-order valence-corrected chi connectivity index (χ0v) is 18.5. The predicted molar refractivity (Wildman–Crippen MR) is 106 cm³/mol. The summed E-state index contributed by atoms with van der Waals surface area (Å²) < 4.78 is 39.6. The van der Waals surface area contributed by atoms with Crippen LogP contribution >= 0.6 is 0 Å². The van der Waals surface area contributed by atoms with E-state index in [-0.39, 0.29) is 38.3 Å². The van der Waals surface area contributed by atoms with Crippen LogP contribution in [0.1, 0.15) is 19.4 Å². The molecule has 2 aromatic carbocycles. The molecule has 0 aliphatic carbocycles. The molecule has 1 N–H and O–H groups in total. The number of benzene rings is 2. The molecule has 0 saturated heterocycles. The molecule has 0 aliphatic rings. The number of ketones is 1. The Kier molecular flexibility index (Phi) is 9.67. The molecular weight excluding hydrogens is 574 g/mol. The second kappa shape index (κ2) is 11.5. The van der Waals surface area contributed by atoms with Crippen LogP contribution in [0.4, 0.5) is 13.2 Å². The van der Waals surface area contributed by atoms with Crippen molar-refractivity contribution in [2.45, 2.75) is 20.0 Å². The summed E-state index contributed by atoms with van der Waals surface area (Å²) in [6, 6.07) is 19.6. The van der Waals surface area contributed by atoms with E-state index in [4.69, 9.17) is 5.11 Å². The number of carbonyl (C=O) groups excluding carboxylic acids is 1. The van der Waals surface area contributed by atoms with Gasteiger partial charge in [-0.1, -0.05) is 47.5 Å². The van der Waals surface area contributed by atoms with Crippen LogP contribution < -0.4 is 0 Å². The van der Waals surface area contributed by atoms with Gasteiger partial charge in [0.2, 0.25) is 0 Å². The summed E-state index contributed by atoms with van der Waals surface area (Å²) in [5.41, 5.74) is 0.992. The number of hydrogen-bond donors (Lipinski definition) is 1. The van der Waals surface area contributed by atoms with Crippen molar-refractivity contribution >= 4 is 5.78 Å². The zero-order chi connectivity index (χ0) is 21.4. The first-order chi connectivity index (χ1) is 13.7. The maximum atomic E-state index is 13.2. The van der Waals surface area contributed by atoms with Crippen molar-refractivity contribution < 1.29 is 44.1 Å². The van der Waals surface area contributed by atoms with Crippen molar-refractivity contribution in [1.82, 2.24) is 4.98 Å². The second-order valence-corrected chi connectivity index (χ2v) is 6.12. The summed E-state index contributed by atoms with van der Waals surface area (Å²) in [6.07, 6.45) is -1.93. The number of pyridine rings is 1. The number of nitrogens with zero attached hydrogens (tertiary/aromatic N) is 1. The molecule has 0 saturated carbocycles. The third kappa shape index (κ3) is 7.27. The smallest absolute Gasteiger partial charge is 0.409 e. The molecule has 3 rings (SSSR count). The minimum atomic E-state index is -4.46. The van der Waals surface area contributed by atoms with Crippen LogP contribution in [0, 0.1) is 6.07 Å². The Morgan fingerprint density at radius 3 is 2.23 bits per heavy atom. The predicted octanol–water partition coefficient (Wildman–Crippen LogP) is 6.27. The first kappa shape index (κ1) is 25.3. The number of halogens is 3. The van der Waals surface area contributed by atoms with Gasteiger partial charge in [-0.2, -0.15) is 13.2 Å². The average Bonchev–Trinajstić information content (AvgIpc) is 2.67. The second-order valence-electron chi connectivity index (χ2n) is 6.12. The van der Waals surface area contributed by atoms with E-state index in [0.717, 1.165) is 11.6 Å². The number of aliphatic hydroxyl groups is 1. The van der Waals surface area contributed by atoms with Gasteiger partial charge in [0, 0.05) is 44.6 Å². The zero-order valence-electron chi connectivity index (χ0n) is 16.2. The van der Waals surface area contributed by atoms with Crippen LogP contribution in [0.3, 0.4) is 0 Å².